The van der Waals surface area contributed by atoms with Crippen LogP contribution >= 0.6 is 0 Å². The number of hydrogen-bond donors (Lipinski definition) is 1. The highest BCUT2D eigenvalue weighted by Gasteiger charge is 2.37. The molecule has 0 aromatic carbocycles. The molecule has 0 spiro atoms. The van der Waals surface area contributed by atoms with Crippen molar-refractivity contribution in [3.8, 4) is 0 Å². The lowest BCUT2D eigenvalue weighted by Crippen LogP contribution is -2.47. The van der Waals surface area contributed by atoms with Crippen molar-refractivity contribution >= 4 is 5.97 Å². The summed E-state index contributed by atoms with van der Waals surface area (Å²) in [5.74, 6) is -1.10. The van der Waals surface area contributed by atoms with Crippen molar-refractivity contribution in [2.75, 3.05) is 13.7 Å². The van der Waals surface area contributed by atoms with E-state index in [0.29, 0.717) is 5.69 Å². The topological polar surface area (TPSA) is 81.4 Å². The van der Waals surface area contributed by atoms with Gasteiger partial charge in [-0.2, -0.15) is 5.10 Å². The van der Waals surface area contributed by atoms with E-state index < -0.39 is 17.1 Å². The third kappa shape index (κ3) is 2.71. The number of carboxylic acid groups (broad SMARTS) is 1. The Bertz CT molecular complexity index is 469. The predicted molar refractivity (Wildman–Crippen MR) is 61.0 cm³/mol. The van der Waals surface area contributed by atoms with Crippen LogP contribution in [0.25, 0.3) is 0 Å². The number of rotatable bonds is 5. The maximum Gasteiger partial charge on any atom is 0.331 e. The van der Waals surface area contributed by atoms with Gasteiger partial charge in [-0.1, -0.05) is 0 Å². The van der Waals surface area contributed by atoms with Crippen LogP contribution in [-0.2, 0) is 15.1 Å². The first-order valence-corrected chi connectivity index (χ1v) is 5.21. The van der Waals surface area contributed by atoms with E-state index in [1.165, 1.54) is 20.1 Å². The molecule has 1 aromatic rings. The average Bonchev–Trinajstić information content (AvgIpc) is 2.29. The monoisotopic (exact) mass is 240 g/mol. The highest BCUT2D eigenvalue weighted by atomic mass is 16.5. The van der Waals surface area contributed by atoms with Gasteiger partial charge in [-0.15, -0.1) is 0 Å². The molecule has 0 radical (unpaired) electrons. The van der Waals surface area contributed by atoms with Crippen LogP contribution in [0.15, 0.2) is 16.9 Å². The van der Waals surface area contributed by atoms with Crippen molar-refractivity contribution in [1.82, 2.24) is 9.78 Å². The van der Waals surface area contributed by atoms with E-state index in [9.17, 15) is 14.7 Å². The first-order chi connectivity index (χ1) is 7.91. The number of aryl methyl sites for hydroxylation is 1. The molecule has 1 N–H and O–H groups in total. The summed E-state index contributed by atoms with van der Waals surface area (Å²) in [5, 5.41) is 13.3. The Morgan fingerprint density at radius 3 is 2.76 bits per heavy atom. The Balaban J connectivity index is 3.26. The van der Waals surface area contributed by atoms with E-state index in [1.54, 1.807) is 13.0 Å². The Morgan fingerprint density at radius 1 is 1.59 bits per heavy atom. The fourth-order valence-corrected chi connectivity index (χ4v) is 1.46. The third-order valence-corrected chi connectivity index (χ3v) is 2.65. The SMILES string of the molecule is COCCC(C)(C(=O)O)n1nc(C)ccc1=O. The molecule has 6 heteroatoms. The van der Waals surface area contributed by atoms with Crippen LogP contribution in [0.4, 0.5) is 0 Å². The standard InChI is InChI=1S/C11H16N2O4/c1-8-4-5-9(14)13(12-8)11(2,10(15)16)6-7-17-3/h4-5H,6-7H2,1-3H3,(H,15,16). The van der Waals surface area contributed by atoms with Gasteiger partial charge in [-0.3, -0.25) is 4.79 Å². The van der Waals surface area contributed by atoms with Gasteiger partial charge in [0.2, 0.25) is 0 Å². The first kappa shape index (κ1) is 13.4. The Kier molecular flexibility index (Phi) is 4.01. The molecule has 94 valence electrons. The van der Waals surface area contributed by atoms with Gasteiger partial charge in [-0.05, 0) is 19.9 Å². The van der Waals surface area contributed by atoms with Gasteiger partial charge in [0, 0.05) is 26.2 Å². The molecule has 0 aliphatic rings. The lowest BCUT2D eigenvalue weighted by Gasteiger charge is -2.25. The van der Waals surface area contributed by atoms with Crippen LogP contribution in [0.1, 0.15) is 19.0 Å². The van der Waals surface area contributed by atoms with Crippen LogP contribution in [0, 0.1) is 6.92 Å². The molecule has 17 heavy (non-hydrogen) atoms. The van der Waals surface area contributed by atoms with Crippen LogP contribution in [0.3, 0.4) is 0 Å². The van der Waals surface area contributed by atoms with Gasteiger partial charge in [-0.25, -0.2) is 9.48 Å². The summed E-state index contributed by atoms with van der Waals surface area (Å²) in [6.07, 6.45) is 0.176. The van der Waals surface area contributed by atoms with E-state index in [1.807, 2.05) is 0 Å². The van der Waals surface area contributed by atoms with Crippen molar-refractivity contribution in [1.29, 1.82) is 0 Å². The number of aromatic nitrogens is 2. The van der Waals surface area contributed by atoms with Gasteiger partial charge in [0.1, 0.15) is 0 Å². The number of carboxylic acids is 1. The van der Waals surface area contributed by atoms with Gasteiger partial charge in [0.15, 0.2) is 5.54 Å². The van der Waals surface area contributed by atoms with Crippen molar-refractivity contribution in [2.45, 2.75) is 25.8 Å². The molecule has 0 aliphatic heterocycles. The molecule has 0 saturated heterocycles. The number of hydrogen-bond acceptors (Lipinski definition) is 4. The molecule has 0 saturated carbocycles. The van der Waals surface area contributed by atoms with E-state index >= 15 is 0 Å². The summed E-state index contributed by atoms with van der Waals surface area (Å²) < 4.78 is 5.88. The lowest BCUT2D eigenvalue weighted by atomic mass is 9.99. The van der Waals surface area contributed by atoms with E-state index in [-0.39, 0.29) is 13.0 Å². The second-order valence-corrected chi connectivity index (χ2v) is 4.05. The lowest BCUT2D eigenvalue weighted by molar-refractivity contribution is -0.148. The molecular formula is C11H16N2O4. The molecule has 0 aliphatic carbocycles. The van der Waals surface area contributed by atoms with Gasteiger partial charge in [0.25, 0.3) is 5.56 Å². The minimum atomic E-state index is -1.39. The number of aliphatic carboxylic acids is 1. The smallest absolute Gasteiger partial charge is 0.331 e. The molecule has 0 fully saturated rings. The fourth-order valence-electron chi connectivity index (χ4n) is 1.46. The molecule has 1 heterocycles. The van der Waals surface area contributed by atoms with Gasteiger partial charge in [0.05, 0.1) is 5.69 Å². The summed E-state index contributed by atoms with van der Waals surface area (Å²) in [7, 11) is 1.48. The highest BCUT2D eigenvalue weighted by Crippen LogP contribution is 2.18. The molecule has 0 bridgehead atoms. The average molecular weight is 240 g/mol. The van der Waals surface area contributed by atoms with Crippen molar-refractivity contribution < 1.29 is 14.6 Å². The molecule has 6 nitrogen and oxygen atoms in total. The third-order valence-electron chi connectivity index (χ3n) is 2.65. The zero-order valence-corrected chi connectivity index (χ0v) is 10.1. The predicted octanol–water partition coefficient (Wildman–Crippen LogP) is 0.388. The van der Waals surface area contributed by atoms with Crippen molar-refractivity contribution in [2.24, 2.45) is 0 Å². The van der Waals surface area contributed by atoms with E-state index in [4.69, 9.17) is 4.74 Å². The summed E-state index contributed by atoms with van der Waals surface area (Å²) in [6, 6.07) is 2.87. The highest BCUT2D eigenvalue weighted by molar-refractivity contribution is 5.76. The fraction of sp³-hybridized carbons (Fsp3) is 0.545. The first-order valence-electron chi connectivity index (χ1n) is 5.21. The van der Waals surface area contributed by atoms with Crippen LogP contribution in [0.5, 0.6) is 0 Å². The summed E-state index contributed by atoms with van der Waals surface area (Å²) in [4.78, 5) is 23.0. The maximum absolute atomic E-state index is 11.7. The maximum atomic E-state index is 11.7. The van der Waals surface area contributed by atoms with Crippen LogP contribution in [0.2, 0.25) is 0 Å². The van der Waals surface area contributed by atoms with Crippen LogP contribution in [-0.4, -0.2) is 34.6 Å². The summed E-state index contributed by atoms with van der Waals surface area (Å²) in [6.45, 7) is 3.40. The molecule has 1 atom stereocenters. The molecule has 1 aromatic heterocycles. The number of nitrogens with zero attached hydrogens (tertiary/aromatic N) is 2. The quantitative estimate of drug-likeness (QED) is 0.805. The van der Waals surface area contributed by atoms with E-state index in [0.717, 1.165) is 4.68 Å². The molecule has 0 amide bonds. The zero-order chi connectivity index (χ0) is 13.1. The van der Waals surface area contributed by atoms with Crippen LogP contribution < -0.4 is 5.56 Å². The number of methoxy groups -OCH3 is 1. The van der Waals surface area contributed by atoms with Crippen molar-refractivity contribution in [3.63, 3.8) is 0 Å². The largest absolute Gasteiger partial charge is 0.479 e. The Morgan fingerprint density at radius 2 is 2.24 bits per heavy atom. The molecule has 1 unspecified atom stereocenters. The Hall–Kier alpha value is -1.69. The minimum absolute atomic E-state index is 0.176. The van der Waals surface area contributed by atoms with Crippen molar-refractivity contribution in [3.05, 3.63) is 28.2 Å². The Labute approximate surface area is 98.8 Å². The van der Waals surface area contributed by atoms with Gasteiger partial charge < -0.3 is 9.84 Å². The zero-order valence-electron chi connectivity index (χ0n) is 10.1. The minimum Gasteiger partial charge on any atom is -0.479 e. The second-order valence-electron chi connectivity index (χ2n) is 4.05. The number of carbonyl (C=O) groups is 1. The normalized spacial score (nSPS) is 14.3. The summed E-state index contributed by atoms with van der Waals surface area (Å²) in [5.41, 5.74) is -1.23. The molecule has 1 rings (SSSR count). The second kappa shape index (κ2) is 5.09. The van der Waals surface area contributed by atoms with Gasteiger partial charge >= 0.3 is 5.97 Å². The number of ether oxygens (including phenoxy) is 1. The molecular weight excluding hydrogens is 224 g/mol. The van der Waals surface area contributed by atoms with E-state index in [2.05, 4.69) is 5.10 Å². The summed E-state index contributed by atoms with van der Waals surface area (Å²) >= 11 is 0.